The molecule has 0 radical (unpaired) electrons. The van der Waals surface area contributed by atoms with Crippen molar-refractivity contribution in [1.29, 1.82) is 0 Å². The van der Waals surface area contributed by atoms with Gasteiger partial charge in [0.25, 0.3) is 0 Å². The lowest BCUT2D eigenvalue weighted by molar-refractivity contribution is -0.126. The summed E-state index contributed by atoms with van der Waals surface area (Å²) in [5.41, 5.74) is 0. The highest BCUT2D eigenvalue weighted by atomic mass is 35.5. The summed E-state index contributed by atoms with van der Waals surface area (Å²) in [6, 6.07) is 6.88. The molecule has 0 bridgehead atoms. The Kier molecular flexibility index (Phi) is 7.02. The highest BCUT2D eigenvalue weighted by Crippen LogP contribution is 2.31. The summed E-state index contributed by atoms with van der Waals surface area (Å²) in [4.78, 5) is 15.6. The van der Waals surface area contributed by atoms with Crippen LogP contribution in [0, 0.1) is 11.8 Å². The number of nitrogens with zero attached hydrogens (tertiary/aromatic N) is 2. The van der Waals surface area contributed by atoms with Gasteiger partial charge in [0, 0.05) is 36.6 Å². The van der Waals surface area contributed by atoms with E-state index in [-0.39, 0.29) is 16.7 Å². The molecule has 3 fully saturated rings. The Morgan fingerprint density at radius 2 is 1.67 bits per heavy atom. The fraction of sp³-hybridized carbons (Fsp3) is 0.682. The molecule has 8 heteroatoms. The number of halogens is 1. The molecule has 1 aromatic carbocycles. The summed E-state index contributed by atoms with van der Waals surface area (Å²) in [5, 5.41) is 3.71. The van der Waals surface area contributed by atoms with Gasteiger partial charge in [0.1, 0.15) is 0 Å². The topological polar surface area (TPSA) is 69.7 Å². The predicted molar refractivity (Wildman–Crippen MR) is 118 cm³/mol. The molecule has 30 heavy (non-hydrogen) atoms. The molecular weight excluding hydrogens is 422 g/mol. The van der Waals surface area contributed by atoms with Crippen LogP contribution in [0.15, 0.2) is 29.2 Å². The second-order valence-corrected chi connectivity index (χ2v) is 11.3. The summed E-state index contributed by atoms with van der Waals surface area (Å²) < 4.78 is 27.1. The van der Waals surface area contributed by atoms with E-state index < -0.39 is 10.0 Å². The summed E-state index contributed by atoms with van der Waals surface area (Å²) in [6.45, 7) is 3.92. The molecule has 0 aromatic heterocycles. The van der Waals surface area contributed by atoms with Crippen LogP contribution < -0.4 is 5.32 Å². The van der Waals surface area contributed by atoms with E-state index in [1.165, 1.54) is 61.6 Å². The van der Waals surface area contributed by atoms with Crippen molar-refractivity contribution in [3.8, 4) is 0 Å². The second kappa shape index (κ2) is 9.55. The van der Waals surface area contributed by atoms with Gasteiger partial charge in [-0.25, -0.2) is 8.42 Å². The Morgan fingerprint density at radius 3 is 2.40 bits per heavy atom. The molecule has 0 aliphatic carbocycles. The van der Waals surface area contributed by atoms with Crippen LogP contribution >= 0.6 is 11.6 Å². The van der Waals surface area contributed by atoms with Crippen molar-refractivity contribution in [3.05, 3.63) is 29.3 Å². The summed E-state index contributed by atoms with van der Waals surface area (Å²) in [7, 11) is -3.53. The maximum atomic E-state index is 12.8. The van der Waals surface area contributed by atoms with Gasteiger partial charge in [-0.2, -0.15) is 4.31 Å². The number of carbonyl (C=O) groups excluding carboxylic acids is 1. The highest BCUT2D eigenvalue weighted by molar-refractivity contribution is 7.89. The van der Waals surface area contributed by atoms with Gasteiger partial charge in [-0.15, -0.1) is 0 Å². The standard InChI is InChI=1S/C22H32ClN3O3S/c23-19-6-8-20(9-7-19)30(28,29)26-14-10-17(11-15-26)22(27)24-16-18-4-3-13-25-12-2-1-5-21(18)25/h6-9,17-18,21H,1-5,10-16H2,(H,24,27)/t18-,21?/m0/s1. The van der Waals surface area contributed by atoms with E-state index in [4.69, 9.17) is 11.6 Å². The van der Waals surface area contributed by atoms with Crippen LogP contribution in [0.25, 0.3) is 0 Å². The molecule has 4 rings (SSSR count). The molecule has 2 atom stereocenters. The van der Waals surface area contributed by atoms with Crippen LogP contribution in [-0.2, 0) is 14.8 Å². The Hall–Kier alpha value is -1.15. The lowest BCUT2D eigenvalue weighted by Crippen LogP contribution is -2.51. The van der Waals surface area contributed by atoms with Crippen LogP contribution in [0.5, 0.6) is 0 Å². The van der Waals surface area contributed by atoms with E-state index in [0.717, 1.165) is 6.54 Å². The summed E-state index contributed by atoms with van der Waals surface area (Å²) in [5.74, 6) is 0.535. The van der Waals surface area contributed by atoms with Crippen LogP contribution in [0.4, 0.5) is 0 Å². The normalized spacial score (nSPS) is 26.8. The van der Waals surface area contributed by atoms with Crippen molar-refractivity contribution < 1.29 is 13.2 Å². The first-order valence-electron chi connectivity index (χ1n) is 11.2. The summed E-state index contributed by atoms with van der Waals surface area (Å²) >= 11 is 5.87. The molecule has 6 nitrogen and oxygen atoms in total. The van der Waals surface area contributed by atoms with Crippen LogP contribution in [-0.4, -0.2) is 62.3 Å². The van der Waals surface area contributed by atoms with E-state index in [1.54, 1.807) is 12.1 Å². The molecule has 3 aliphatic rings. The monoisotopic (exact) mass is 453 g/mol. The minimum absolute atomic E-state index is 0.0893. The van der Waals surface area contributed by atoms with Crippen molar-refractivity contribution in [1.82, 2.24) is 14.5 Å². The quantitative estimate of drug-likeness (QED) is 0.743. The molecule has 1 amide bonds. The van der Waals surface area contributed by atoms with Crippen molar-refractivity contribution in [2.75, 3.05) is 32.7 Å². The lowest BCUT2D eigenvalue weighted by atomic mass is 9.83. The Bertz CT molecular complexity index is 836. The van der Waals surface area contributed by atoms with Crippen LogP contribution in [0.1, 0.15) is 44.9 Å². The largest absolute Gasteiger partial charge is 0.356 e. The highest BCUT2D eigenvalue weighted by Gasteiger charge is 2.35. The number of fused-ring (bicyclic) bond motifs is 1. The first-order chi connectivity index (χ1) is 14.4. The molecule has 1 aromatic rings. The number of hydrogen-bond acceptors (Lipinski definition) is 4. The molecule has 3 aliphatic heterocycles. The van der Waals surface area contributed by atoms with Gasteiger partial charge in [-0.1, -0.05) is 18.0 Å². The Morgan fingerprint density at radius 1 is 0.967 bits per heavy atom. The zero-order chi connectivity index (χ0) is 21.1. The minimum Gasteiger partial charge on any atom is -0.356 e. The number of piperidine rings is 3. The molecule has 3 heterocycles. The zero-order valence-corrected chi connectivity index (χ0v) is 19.0. The third kappa shape index (κ3) is 4.85. The molecule has 1 N–H and O–H groups in total. The molecular formula is C22H32ClN3O3S. The third-order valence-corrected chi connectivity index (χ3v) is 9.21. The SMILES string of the molecule is O=C(NC[C@@H]1CCCN2CCCCC12)C1CCN(S(=O)(=O)c2ccc(Cl)cc2)CC1. The number of carbonyl (C=O) groups is 1. The van der Waals surface area contributed by atoms with Crippen LogP contribution in [0.2, 0.25) is 5.02 Å². The van der Waals surface area contributed by atoms with Gasteiger partial charge in [-0.05, 0) is 81.8 Å². The average Bonchev–Trinajstić information content (AvgIpc) is 2.78. The van der Waals surface area contributed by atoms with Crippen molar-refractivity contribution in [3.63, 3.8) is 0 Å². The van der Waals surface area contributed by atoms with Crippen molar-refractivity contribution in [2.45, 2.75) is 55.9 Å². The molecule has 3 saturated heterocycles. The number of amides is 1. The number of benzene rings is 1. The maximum Gasteiger partial charge on any atom is 0.243 e. The second-order valence-electron chi connectivity index (χ2n) is 8.88. The number of hydrogen-bond donors (Lipinski definition) is 1. The smallest absolute Gasteiger partial charge is 0.243 e. The van der Waals surface area contributed by atoms with Crippen LogP contribution in [0.3, 0.4) is 0 Å². The third-order valence-electron chi connectivity index (χ3n) is 7.04. The molecule has 0 spiro atoms. The fourth-order valence-electron chi connectivity index (χ4n) is 5.31. The molecule has 1 unspecified atom stereocenters. The van der Waals surface area contributed by atoms with E-state index in [0.29, 0.717) is 42.9 Å². The van der Waals surface area contributed by atoms with E-state index in [9.17, 15) is 13.2 Å². The molecule has 166 valence electrons. The average molecular weight is 454 g/mol. The molecule has 0 saturated carbocycles. The zero-order valence-electron chi connectivity index (χ0n) is 17.4. The first-order valence-corrected chi connectivity index (χ1v) is 13.0. The van der Waals surface area contributed by atoms with Gasteiger partial charge >= 0.3 is 0 Å². The summed E-state index contributed by atoms with van der Waals surface area (Å²) in [6.07, 6.45) is 7.40. The van der Waals surface area contributed by atoms with Crippen molar-refractivity contribution in [2.24, 2.45) is 11.8 Å². The minimum atomic E-state index is -3.53. The van der Waals surface area contributed by atoms with Crippen molar-refractivity contribution >= 4 is 27.5 Å². The maximum absolute atomic E-state index is 12.8. The first kappa shape index (κ1) is 22.1. The van der Waals surface area contributed by atoms with Gasteiger partial charge in [-0.3, -0.25) is 4.79 Å². The number of sulfonamides is 1. The lowest BCUT2D eigenvalue weighted by Gasteiger charge is -2.44. The van der Waals surface area contributed by atoms with Gasteiger partial charge < -0.3 is 10.2 Å². The number of nitrogens with one attached hydrogen (secondary N) is 1. The van der Waals surface area contributed by atoms with Gasteiger partial charge in [0.2, 0.25) is 15.9 Å². The van der Waals surface area contributed by atoms with E-state index in [2.05, 4.69) is 10.2 Å². The van der Waals surface area contributed by atoms with Gasteiger partial charge in [0.15, 0.2) is 0 Å². The van der Waals surface area contributed by atoms with E-state index >= 15 is 0 Å². The fourth-order valence-corrected chi connectivity index (χ4v) is 6.90. The predicted octanol–water partition coefficient (Wildman–Crippen LogP) is 3.12. The van der Waals surface area contributed by atoms with E-state index in [1.807, 2.05) is 0 Å². The number of rotatable bonds is 5. The Labute approximate surface area is 185 Å². The van der Waals surface area contributed by atoms with Gasteiger partial charge in [0.05, 0.1) is 4.90 Å². The Balaban J connectivity index is 1.27.